The number of halogens is 4. The highest BCUT2D eigenvalue weighted by molar-refractivity contribution is 9.25. The number of rotatable bonds is 8. The quantitative estimate of drug-likeness (QED) is 0.236. The summed E-state index contributed by atoms with van der Waals surface area (Å²) in [5.74, 6) is 1.48. The normalized spacial score (nSPS) is 11.7. The number of alkyl halides is 4. The Hall–Kier alpha value is -0.560. The average molecular weight is 596 g/mol. The summed E-state index contributed by atoms with van der Waals surface area (Å²) in [5, 5.41) is 0. The van der Waals surface area contributed by atoms with Crippen LogP contribution in [0.1, 0.15) is 11.1 Å². The fourth-order valence-corrected chi connectivity index (χ4v) is 2.82. The molecule has 0 saturated heterocycles. The molecule has 2 nitrogen and oxygen atoms in total. The number of ether oxygens (including phenoxy) is 2. The maximum absolute atomic E-state index is 5.80. The molecule has 0 aliphatic carbocycles. The van der Waals surface area contributed by atoms with E-state index in [0.717, 1.165) is 29.0 Å². The lowest BCUT2D eigenvalue weighted by atomic mass is 10.0. The molecule has 0 bridgehead atoms. The molecule has 0 atom stereocenters. The summed E-state index contributed by atoms with van der Waals surface area (Å²) in [4.78, 5) is 0. The fraction of sp³-hybridized carbons (Fsp3) is 0.158. The average Bonchev–Trinajstić information content (AvgIpc) is 2.55. The van der Waals surface area contributed by atoms with E-state index < -0.39 is 6.84 Å². The van der Waals surface area contributed by atoms with Crippen LogP contribution in [0.3, 0.4) is 0 Å². The molecular weight excluding hydrogens is 580 g/mol. The Morgan fingerprint density at radius 1 is 0.760 bits per heavy atom. The molecule has 0 heterocycles. The van der Waals surface area contributed by atoms with E-state index in [1.54, 1.807) is 12.2 Å². The number of hydrogen-bond acceptors (Lipinski definition) is 2. The third-order valence-electron chi connectivity index (χ3n) is 3.19. The molecule has 0 spiro atoms. The van der Waals surface area contributed by atoms with Crippen molar-refractivity contribution in [3.63, 3.8) is 0 Å². The first kappa shape index (κ1) is 20.7. The molecular formula is C19H16Br4O2. The molecule has 0 unspecified atom stereocenters. The summed E-state index contributed by atoms with van der Waals surface area (Å²) in [6.45, 7) is 7.43. The minimum absolute atomic E-state index is 0.741. The van der Waals surface area contributed by atoms with Crippen LogP contribution in [0.15, 0.2) is 73.8 Å². The van der Waals surface area contributed by atoms with Crippen LogP contribution in [0, 0.1) is 0 Å². The van der Waals surface area contributed by atoms with Crippen molar-refractivity contribution in [2.75, 3.05) is 0 Å². The van der Waals surface area contributed by atoms with Crippen molar-refractivity contribution in [3.05, 3.63) is 85.0 Å². The lowest BCUT2D eigenvalue weighted by Crippen LogP contribution is -2.16. The Kier molecular flexibility index (Phi) is 7.38. The molecule has 0 aliphatic rings. The summed E-state index contributed by atoms with van der Waals surface area (Å²) < 4.78 is 10.1. The zero-order valence-electron chi connectivity index (χ0n) is 13.2. The molecule has 2 aromatic rings. The van der Waals surface area contributed by atoms with Gasteiger partial charge in [-0.25, -0.2) is 0 Å². The second-order valence-corrected chi connectivity index (χ2v) is 12.0. The summed E-state index contributed by atoms with van der Waals surface area (Å²) in [5.41, 5.74) is 2.25. The summed E-state index contributed by atoms with van der Waals surface area (Å²) in [6, 6.07) is 15.8. The van der Waals surface area contributed by atoms with Gasteiger partial charge in [-0.15, -0.1) is 0 Å². The highest BCUT2D eigenvalue weighted by Gasteiger charge is 2.20. The Morgan fingerprint density at radius 2 is 1.16 bits per heavy atom. The van der Waals surface area contributed by atoms with Crippen molar-refractivity contribution in [2.45, 2.75) is 13.3 Å². The maximum Gasteiger partial charge on any atom is 0.236 e. The predicted octanol–water partition coefficient (Wildman–Crippen LogP) is 7.29. The smallest absolute Gasteiger partial charge is 0.236 e. The van der Waals surface area contributed by atoms with Crippen LogP contribution in [0.25, 0.3) is 0 Å². The molecule has 0 saturated carbocycles. The number of benzene rings is 2. The van der Waals surface area contributed by atoms with Crippen molar-refractivity contribution < 1.29 is 9.47 Å². The molecule has 0 fully saturated rings. The van der Waals surface area contributed by atoms with Crippen molar-refractivity contribution in [1.82, 2.24) is 0 Å². The monoisotopic (exact) mass is 592 g/mol. The topological polar surface area (TPSA) is 18.5 Å². The van der Waals surface area contributed by atoms with E-state index in [1.807, 2.05) is 36.4 Å². The van der Waals surface area contributed by atoms with Crippen molar-refractivity contribution >= 4 is 63.7 Å². The van der Waals surface area contributed by atoms with Crippen LogP contribution in [0.5, 0.6) is 11.5 Å². The predicted molar refractivity (Wildman–Crippen MR) is 119 cm³/mol. The van der Waals surface area contributed by atoms with E-state index in [0.29, 0.717) is 0 Å². The van der Waals surface area contributed by atoms with Gasteiger partial charge in [0, 0.05) is 0 Å². The van der Waals surface area contributed by atoms with E-state index >= 15 is 0 Å². The van der Waals surface area contributed by atoms with Gasteiger partial charge in [0.05, 0.1) is 0 Å². The van der Waals surface area contributed by atoms with Gasteiger partial charge in [-0.2, -0.15) is 0 Å². The van der Waals surface area contributed by atoms with Crippen LogP contribution in [0.4, 0.5) is 0 Å². The van der Waals surface area contributed by atoms with Gasteiger partial charge in [-0.3, -0.25) is 0 Å². The van der Waals surface area contributed by atoms with E-state index in [2.05, 4.69) is 89.0 Å². The third kappa shape index (κ3) is 6.93. The third-order valence-corrected chi connectivity index (χ3v) is 5.13. The molecule has 0 radical (unpaired) electrons. The van der Waals surface area contributed by atoms with Gasteiger partial charge >= 0.3 is 0 Å². The lowest BCUT2D eigenvalue weighted by molar-refractivity contribution is 0.316. The molecule has 0 aliphatic heterocycles. The van der Waals surface area contributed by atoms with Crippen molar-refractivity contribution in [3.8, 4) is 11.5 Å². The largest absolute Gasteiger partial charge is 0.463 e. The van der Waals surface area contributed by atoms with Gasteiger partial charge in [0.2, 0.25) is 6.84 Å². The maximum atomic E-state index is 5.80. The van der Waals surface area contributed by atoms with Crippen LogP contribution in [-0.4, -0.2) is 6.84 Å². The molecule has 0 aromatic heterocycles. The Morgan fingerprint density at radius 3 is 1.52 bits per heavy atom. The molecule has 0 N–H and O–H groups in total. The molecule has 25 heavy (non-hydrogen) atoms. The van der Waals surface area contributed by atoms with Gasteiger partial charge in [-0.1, -0.05) is 37.4 Å². The lowest BCUT2D eigenvalue weighted by Gasteiger charge is -2.19. The minimum Gasteiger partial charge on any atom is -0.463 e. The van der Waals surface area contributed by atoms with Crippen LogP contribution in [-0.2, 0) is 6.42 Å². The van der Waals surface area contributed by atoms with Gasteiger partial charge < -0.3 is 9.47 Å². The SMILES string of the molecule is C=CC(Br)(Br)Oc1cccc(Cc2cccc(OC(Br)(Br)C=C)c2)c1. The highest BCUT2D eigenvalue weighted by Crippen LogP contribution is 2.33. The minimum atomic E-state index is -0.772. The summed E-state index contributed by atoms with van der Waals surface area (Å²) >= 11 is 13.6. The van der Waals surface area contributed by atoms with E-state index in [1.165, 1.54) is 0 Å². The highest BCUT2D eigenvalue weighted by atomic mass is 79.9. The van der Waals surface area contributed by atoms with Gasteiger partial charge in [-0.05, 0) is 118 Å². The van der Waals surface area contributed by atoms with Gasteiger partial charge in [0.1, 0.15) is 11.5 Å². The van der Waals surface area contributed by atoms with E-state index in [4.69, 9.17) is 9.47 Å². The zero-order valence-corrected chi connectivity index (χ0v) is 19.6. The Balaban J connectivity index is 2.15. The van der Waals surface area contributed by atoms with Crippen molar-refractivity contribution in [1.29, 1.82) is 0 Å². The Bertz CT molecular complexity index is 693. The second kappa shape index (κ2) is 8.89. The molecule has 2 aromatic carbocycles. The van der Waals surface area contributed by atoms with Crippen LogP contribution in [0.2, 0.25) is 0 Å². The molecule has 0 amide bonds. The van der Waals surface area contributed by atoms with Crippen LogP contribution < -0.4 is 9.47 Å². The number of hydrogen-bond donors (Lipinski definition) is 0. The van der Waals surface area contributed by atoms with E-state index in [9.17, 15) is 0 Å². The molecule has 132 valence electrons. The van der Waals surface area contributed by atoms with Gasteiger partial charge in [0.15, 0.2) is 0 Å². The standard InChI is InChI=1S/C19H16Br4O2/c1-3-18(20,21)24-16-9-5-7-14(12-16)11-15-8-6-10-17(13-15)25-19(22,23)4-2/h3-10,12-13H,1-2,11H2. The first-order chi connectivity index (χ1) is 11.7. The first-order valence-electron chi connectivity index (χ1n) is 7.32. The molecule has 6 heteroatoms. The Labute approximate surface area is 181 Å². The molecule has 2 rings (SSSR count). The first-order valence-corrected chi connectivity index (χ1v) is 10.5. The fourth-order valence-electron chi connectivity index (χ4n) is 2.07. The van der Waals surface area contributed by atoms with Crippen molar-refractivity contribution in [2.24, 2.45) is 0 Å². The summed E-state index contributed by atoms with van der Waals surface area (Å²) in [7, 11) is 0. The van der Waals surface area contributed by atoms with Crippen LogP contribution >= 0.6 is 63.7 Å². The van der Waals surface area contributed by atoms with Gasteiger partial charge in [0.25, 0.3) is 0 Å². The van der Waals surface area contributed by atoms with E-state index in [-0.39, 0.29) is 0 Å². The summed E-state index contributed by atoms with van der Waals surface area (Å²) in [6.07, 6.45) is 4.02. The second-order valence-electron chi connectivity index (χ2n) is 5.21. The zero-order chi connectivity index (χ0) is 18.5.